The first kappa shape index (κ1) is 22.1. The van der Waals surface area contributed by atoms with Gasteiger partial charge in [0.15, 0.2) is 6.61 Å². The van der Waals surface area contributed by atoms with E-state index in [1.807, 2.05) is 0 Å². The predicted molar refractivity (Wildman–Crippen MR) is 109 cm³/mol. The fourth-order valence-corrected chi connectivity index (χ4v) is 5.90. The molecule has 0 spiro atoms. The molecule has 0 N–H and O–H groups in total. The standard InChI is InChI=1S/C20H27ClN2O5S/c1-22(16-7-3-2-4-8-16)19(24)14-28-20(25)15-9-10-17(21)18(13-15)29(26,27)23-11-5-6-12-23/h9-10,13,16H,2-8,11-12,14H2,1H3. The minimum atomic E-state index is -3.77. The van der Waals surface area contributed by atoms with Crippen molar-refractivity contribution in [3.63, 3.8) is 0 Å². The fourth-order valence-electron chi connectivity index (χ4n) is 3.88. The Labute approximate surface area is 177 Å². The zero-order valence-corrected chi connectivity index (χ0v) is 18.2. The third kappa shape index (κ3) is 5.10. The molecule has 1 saturated carbocycles. The summed E-state index contributed by atoms with van der Waals surface area (Å²) >= 11 is 6.10. The second kappa shape index (κ2) is 9.45. The Balaban J connectivity index is 1.66. The second-order valence-corrected chi connectivity index (χ2v) is 9.94. The first-order valence-corrected chi connectivity index (χ1v) is 11.8. The average Bonchev–Trinajstić information content (AvgIpc) is 3.28. The minimum Gasteiger partial charge on any atom is -0.452 e. The van der Waals surface area contributed by atoms with Crippen molar-refractivity contribution in [2.75, 3.05) is 26.7 Å². The number of benzene rings is 1. The Morgan fingerprint density at radius 3 is 2.45 bits per heavy atom. The number of rotatable bonds is 6. The summed E-state index contributed by atoms with van der Waals surface area (Å²) in [6.45, 7) is 0.507. The highest BCUT2D eigenvalue weighted by molar-refractivity contribution is 7.89. The molecule has 0 bridgehead atoms. The summed E-state index contributed by atoms with van der Waals surface area (Å²) in [6.07, 6.45) is 6.91. The van der Waals surface area contributed by atoms with Crippen molar-refractivity contribution in [1.82, 2.24) is 9.21 Å². The molecule has 160 valence electrons. The number of likely N-dealkylation sites (N-methyl/N-ethyl adjacent to an activating group) is 1. The first-order chi connectivity index (χ1) is 13.8. The van der Waals surface area contributed by atoms with Crippen LogP contribution in [0.5, 0.6) is 0 Å². The number of halogens is 1. The molecule has 1 aliphatic heterocycles. The predicted octanol–water partition coefficient (Wildman–Crippen LogP) is 3.07. The van der Waals surface area contributed by atoms with E-state index in [9.17, 15) is 18.0 Å². The van der Waals surface area contributed by atoms with Crippen molar-refractivity contribution >= 4 is 33.5 Å². The largest absolute Gasteiger partial charge is 0.452 e. The number of amides is 1. The molecule has 0 unspecified atom stereocenters. The van der Waals surface area contributed by atoms with E-state index in [2.05, 4.69) is 0 Å². The highest BCUT2D eigenvalue weighted by Crippen LogP contribution is 2.28. The van der Waals surface area contributed by atoms with E-state index >= 15 is 0 Å². The number of esters is 1. The van der Waals surface area contributed by atoms with Gasteiger partial charge in [-0.2, -0.15) is 4.31 Å². The first-order valence-electron chi connectivity index (χ1n) is 10.0. The summed E-state index contributed by atoms with van der Waals surface area (Å²) in [5, 5.41) is 0.0570. The van der Waals surface area contributed by atoms with E-state index in [1.54, 1.807) is 11.9 Å². The van der Waals surface area contributed by atoms with Crippen LogP contribution in [0.1, 0.15) is 55.3 Å². The zero-order valence-electron chi connectivity index (χ0n) is 16.6. The van der Waals surface area contributed by atoms with E-state index in [0.717, 1.165) is 38.5 Å². The van der Waals surface area contributed by atoms with Crippen LogP contribution in [0, 0.1) is 0 Å². The molecule has 1 aromatic rings. The minimum absolute atomic E-state index is 0.0558. The van der Waals surface area contributed by atoms with Gasteiger partial charge in [-0.05, 0) is 43.9 Å². The van der Waals surface area contributed by atoms with Crippen LogP contribution in [0.15, 0.2) is 23.1 Å². The zero-order chi connectivity index (χ0) is 21.0. The van der Waals surface area contributed by atoms with Crippen LogP contribution in [0.25, 0.3) is 0 Å². The molecule has 1 heterocycles. The van der Waals surface area contributed by atoms with Gasteiger partial charge in [-0.15, -0.1) is 0 Å². The van der Waals surface area contributed by atoms with Crippen molar-refractivity contribution in [1.29, 1.82) is 0 Å². The molecule has 0 radical (unpaired) electrons. The van der Waals surface area contributed by atoms with Crippen LogP contribution in [0.3, 0.4) is 0 Å². The average molecular weight is 443 g/mol. The normalized spacial score (nSPS) is 18.6. The third-order valence-corrected chi connectivity index (χ3v) is 8.07. The van der Waals surface area contributed by atoms with Gasteiger partial charge < -0.3 is 9.64 Å². The molecular formula is C20H27ClN2O5S. The molecule has 29 heavy (non-hydrogen) atoms. The van der Waals surface area contributed by atoms with Gasteiger partial charge >= 0.3 is 5.97 Å². The third-order valence-electron chi connectivity index (χ3n) is 5.69. The number of hydrogen-bond acceptors (Lipinski definition) is 5. The Morgan fingerprint density at radius 1 is 1.14 bits per heavy atom. The van der Waals surface area contributed by atoms with Gasteiger partial charge in [0, 0.05) is 26.2 Å². The maximum absolute atomic E-state index is 12.8. The number of nitrogens with zero attached hydrogens (tertiary/aromatic N) is 2. The molecular weight excluding hydrogens is 416 g/mol. The van der Waals surface area contributed by atoms with Gasteiger partial charge in [0.25, 0.3) is 5.91 Å². The molecule has 1 aliphatic carbocycles. The molecule has 2 aliphatic rings. The molecule has 0 aromatic heterocycles. The van der Waals surface area contributed by atoms with Crippen molar-refractivity contribution in [2.45, 2.75) is 55.9 Å². The topological polar surface area (TPSA) is 84.0 Å². The number of hydrogen-bond donors (Lipinski definition) is 0. The lowest BCUT2D eigenvalue weighted by molar-refractivity contribution is -0.135. The molecule has 3 rings (SSSR count). The second-order valence-electron chi connectivity index (χ2n) is 7.63. The number of sulfonamides is 1. The molecule has 1 saturated heterocycles. The molecule has 0 atom stereocenters. The summed E-state index contributed by atoms with van der Waals surface area (Å²) in [6, 6.07) is 4.19. The van der Waals surface area contributed by atoms with Crippen LogP contribution < -0.4 is 0 Å². The lowest BCUT2D eigenvalue weighted by Crippen LogP contribution is -2.40. The Hall–Kier alpha value is -1.64. The monoisotopic (exact) mass is 442 g/mol. The van der Waals surface area contributed by atoms with Crippen molar-refractivity contribution in [3.05, 3.63) is 28.8 Å². The maximum atomic E-state index is 12.8. The fraction of sp³-hybridized carbons (Fsp3) is 0.600. The van der Waals surface area contributed by atoms with Crippen LogP contribution in [0.4, 0.5) is 0 Å². The Morgan fingerprint density at radius 2 is 1.79 bits per heavy atom. The van der Waals surface area contributed by atoms with Crippen molar-refractivity contribution < 1.29 is 22.7 Å². The van der Waals surface area contributed by atoms with Crippen LogP contribution >= 0.6 is 11.6 Å². The maximum Gasteiger partial charge on any atom is 0.338 e. The van der Waals surface area contributed by atoms with Gasteiger partial charge in [-0.3, -0.25) is 4.79 Å². The van der Waals surface area contributed by atoms with E-state index < -0.39 is 16.0 Å². The number of ether oxygens (including phenoxy) is 1. The van der Waals surface area contributed by atoms with Gasteiger partial charge in [0.2, 0.25) is 10.0 Å². The summed E-state index contributed by atoms with van der Waals surface area (Å²) < 4.78 is 32.1. The highest BCUT2D eigenvalue weighted by Gasteiger charge is 2.30. The molecule has 1 aromatic carbocycles. The van der Waals surface area contributed by atoms with Crippen LogP contribution in [-0.2, 0) is 19.6 Å². The lowest BCUT2D eigenvalue weighted by atomic mass is 9.94. The Kier molecular flexibility index (Phi) is 7.19. The number of carbonyl (C=O) groups excluding carboxylic acids is 2. The van der Waals surface area contributed by atoms with Gasteiger partial charge in [-0.1, -0.05) is 30.9 Å². The van der Waals surface area contributed by atoms with Gasteiger partial charge in [0.05, 0.1) is 10.6 Å². The van der Waals surface area contributed by atoms with E-state index in [4.69, 9.17) is 16.3 Å². The molecule has 7 nitrogen and oxygen atoms in total. The smallest absolute Gasteiger partial charge is 0.338 e. The van der Waals surface area contributed by atoms with E-state index in [0.29, 0.717) is 13.1 Å². The number of carbonyl (C=O) groups is 2. The van der Waals surface area contributed by atoms with E-state index in [1.165, 1.54) is 28.9 Å². The molecule has 9 heteroatoms. The van der Waals surface area contributed by atoms with E-state index in [-0.39, 0.29) is 34.0 Å². The summed E-state index contributed by atoms with van der Waals surface area (Å²) in [7, 11) is -2.03. The molecule has 1 amide bonds. The van der Waals surface area contributed by atoms with Crippen LogP contribution in [-0.4, -0.2) is 62.3 Å². The van der Waals surface area contributed by atoms with Crippen molar-refractivity contribution in [3.8, 4) is 0 Å². The van der Waals surface area contributed by atoms with Crippen molar-refractivity contribution in [2.24, 2.45) is 0 Å². The van der Waals surface area contributed by atoms with Gasteiger partial charge in [-0.25, -0.2) is 13.2 Å². The summed E-state index contributed by atoms with van der Waals surface area (Å²) in [4.78, 5) is 26.3. The SMILES string of the molecule is CN(C(=O)COC(=O)c1ccc(Cl)c(S(=O)(=O)N2CCCC2)c1)C1CCCCC1. The Bertz CT molecular complexity index is 862. The summed E-state index contributed by atoms with van der Waals surface area (Å²) in [5.74, 6) is -1.01. The van der Waals surface area contributed by atoms with Gasteiger partial charge in [0.1, 0.15) is 4.90 Å². The van der Waals surface area contributed by atoms with Crippen LogP contribution in [0.2, 0.25) is 5.02 Å². The lowest BCUT2D eigenvalue weighted by Gasteiger charge is -2.31. The highest BCUT2D eigenvalue weighted by atomic mass is 35.5. The summed E-state index contributed by atoms with van der Waals surface area (Å²) in [5.41, 5.74) is 0.0558. The molecule has 2 fully saturated rings. The quantitative estimate of drug-likeness (QED) is 0.632.